The molecule has 2 N–H and O–H groups in total. The van der Waals surface area contributed by atoms with Crippen LogP contribution < -0.4 is 10.2 Å². The predicted molar refractivity (Wildman–Crippen MR) is 142 cm³/mol. The highest BCUT2D eigenvalue weighted by Gasteiger charge is 2.21. The van der Waals surface area contributed by atoms with E-state index in [4.69, 9.17) is 21.4 Å². The number of aliphatic hydroxyl groups is 1. The number of benzene rings is 3. The van der Waals surface area contributed by atoms with Crippen LogP contribution in [0, 0.1) is 13.8 Å². The Morgan fingerprint density at radius 3 is 2.32 bits per heavy atom. The second-order valence-corrected chi connectivity index (χ2v) is 11.2. The second kappa shape index (κ2) is 13.1. The quantitative estimate of drug-likeness (QED) is 0.181. The maximum Gasteiger partial charge on any atom is 0.355 e. The van der Waals surface area contributed by atoms with Crippen molar-refractivity contribution in [3.05, 3.63) is 87.9 Å². The van der Waals surface area contributed by atoms with Crippen LogP contribution in [0.3, 0.4) is 0 Å². The number of hydrogen-bond donors (Lipinski definition) is 2. The third kappa shape index (κ3) is 7.79. The standard InChI is InChI=1S/C28H32ClNO6S/c1-4-6-27(32)35-36-28-19(2)15-25(16-20(28)3)37(33,34)24-11-9-21(10-12-24)13-14-30-18-26(31)22-7-5-8-23(29)17-22/h5,7-12,15-17,26,30-31H,4,6,13-14,18H2,1-3H3/t26-/m0/s1. The molecule has 0 saturated heterocycles. The summed E-state index contributed by atoms with van der Waals surface area (Å²) in [5.74, 6) is -0.155. The van der Waals surface area contributed by atoms with E-state index in [2.05, 4.69) is 5.32 Å². The average Bonchev–Trinajstić information content (AvgIpc) is 2.86. The maximum absolute atomic E-state index is 13.2. The highest BCUT2D eigenvalue weighted by Crippen LogP contribution is 2.30. The zero-order chi connectivity index (χ0) is 27.0. The Balaban J connectivity index is 1.60. The first-order chi connectivity index (χ1) is 17.6. The molecular weight excluding hydrogens is 514 g/mol. The van der Waals surface area contributed by atoms with E-state index >= 15 is 0 Å². The fraction of sp³-hybridized carbons (Fsp3) is 0.321. The lowest BCUT2D eigenvalue weighted by Gasteiger charge is -2.13. The summed E-state index contributed by atoms with van der Waals surface area (Å²) in [6, 6.07) is 16.9. The lowest BCUT2D eigenvalue weighted by molar-refractivity contribution is -0.214. The van der Waals surface area contributed by atoms with Crippen LogP contribution in [0.5, 0.6) is 5.75 Å². The molecule has 0 aromatic heterocycles. The summed E-state index contributed by atoms with van der Waals surface area (Å²) in [5, 5.41) is 14.1. The largest absolute Gasteiger partial charge is 0.387 e. The molecule has 3 aromatic rings. The van der Waals surface area contributed by atoms with Crippen molar-refractivity contribution < 1.29 is 28.1 Å². The van der Waals surface area contributed by atoms with Gasteiger partial charge in [0.2, 0.25) is 9.84 Å². The van der Waals surface area contributed by atoms with E-state index in [0.717, 1.165) is 11.1 Å². The monoisotopic (exact) mass is 545 g/mol. The van der Waals surface area contributed by atoms with Crippen LogP contribution in [0.15, 0.2) is 70.5 Å². The van der Waals surface area contributed by atoms with Gasteiger partial charge in [0.05, 0.1) is 15.9 Å². The van der Waals surface area contributed by atoms with Gasteiger partial charge < -0.3 is 10.4 Å². The smallest absolute Gasteiger partial charge is 0.355 e. The Morgan fingerprint density at radius 1 is 1.03 bits per heavy atom. The summed E-state index contributed by atoms with van der Waals surface area (Å²) < 4.78 is 26.5. The van der Waals surface area contributed by atoms with Crippen molar-refractivity contribution in [2.75, 3.05) is 13.1 Å². The summed E-state index contributed by atoms with van der Waals surface area (Å²) in [7, 11) is -3.75. The molecule has 0 saturated carbocycles. The van der Waals surface area contributed by atoms with Crippen molar-refractivity contribution in [1.82, 2.24) is 5.32 Å². The molecule has 0 fully saturated rings. The molecule has 0 aliphatic rings. The molecule has 198 valence electrons. The van der Waals surface area contributed by atoms with Gasteiger partial charge in [-0.3, -0.25) is 9.78 Å². The van der Waals surface area contributed by atoms with Crippen LogP contribution in [-0.4, -0.2) is 32.6 Å². The molecule has 3 rings (SSSR count). The Morgan fingerprint density at radius 2 is 1.70 bits per heavy atom. The van der Waals surface area contributed by atoms with Crippen molar-refractivity contribution in [2.45, 2.75) is 55.9 Å². The van der Waals surface area contributed by atoms with Gasteiger partial charge in [0, 0.05) is 18.0 Å². The van der Waals surface area contributed by atoms with Gasteiger partial charge in [-0.05, 0) is 91.9 Å². The fourth-order valence-corrected chi connectivity index (χ4v) is 5.43. The molecule has 0 aliphatic heterocycles. The molecule has 9 heteroatoms. The van der Waals surface area contributed by atoms with Gasteiger partial charge in [-0.25, -0.2) is 13.2 Å². The van der Waals surface area contributed by atoms with Gasteiger partial charge in [-0.15, -0.1) is 0 Å². The molecule has 37 heavy (non-hydrogen) atoms. The number of sulfone groups is 1. The normalized spacial score (nSPS) is 12.2. The van der Waals surface area contributed by atoms with Crippen LogP contribution in [-0.2, 0) is 25.9 Å². The topological polar surface area (TPSA) is 102 Å². The first-order valence-corrected chi connectivity index (χ1v) is 13.9. The minimum Gasteiger partial charge on any atom is -0.387 e. The first kappa shape index (κ1) is 28.7. The number of aliphatic hydroxyl groups excluding tert-OH is 1. The molecule has 0 spiro atoms. The number of halogens is 1. The fourth-order valence-electron chi connectivity index (χ4n) is 3.81. The van der Waals surface area contributed by atoms with Gasteiger partial charge >= 0.3 is 5.97 Å². The second-order valence-electron chi connectivity index (χ2n) is 8.85. The van der Waals surface area contributed by atoms with Crippen molar-refractivity contribution in [1.29, 1.82) is 0 Å². The van der Waals surface area contributed by atoms with E-state index in [-0.39, 0.29) is 16.2 Å². The van der Waals surface area contributed by atoms with E-state index in [9.17, 15) is 18.3 Å². The zero-order valence-corrected chi connectivity index (χ0v) is 22.7. The zero-order valence-electron chi connectivity index (χ0n) is 21.2. The summed E-state index contributed by atoms with van der Waals surface area (Å²) >= 11 is 5.97. The van der Waals surface area contributed by atoms with Crippen molar-refractivity contribution >= 4 is 27.4 Å². The summed E-state index contributed by atoms with van der Waals surface area (Å²) in [4.78, 5) is 21.9. The molecule has 0 heterocycles. The molecule has 0 radical (unpaired) electrons. The number of aryl methyl sites for hydroxylation is 2. The van der Waals surface area contributed by atoms with E-state index in [1.54, 1.807) is 56.3 Å². The van der Waals surface area contributed by atoms with E-state index in [1.807, 2.05) is 13.0 Å². The molecule has 7 nitrogen and oxygen atoms in total. The highest BCUT2D eigenvalue weighted by molar-refractivity contribution is 7.91. The van der Waals surface area contributed by atoms with Gasteiger partial charge in [0.15, 0.2) is 5.75 Å². The number of hydrogen-bond acceptors (Lipinski definition) is 7. The lowest BCUT2D eigenvalue weighted by Crippen LogP contribution is -2.23. The molecule has 0 bridgehead atoms. The Kier molecular flexibility index (Phi) is 10.1. The summed E-state index contributed by atoms with van der Waals surface area (Å²) in [6.45, 7) is 6.26. The molecular formula is C28H32ClNO6S. The summed E-state index contributed by atoms with van der Waals surface area (Å²) in [6.07, 6.45) is 0.878. The predicted octanol–water partition coefficient (Wildman–Crippen LogP) is 5.29. The molecule has 0 unspecified atom stereocenters. The Labute approximate surface area is 223 Å². The van der Waals surface area contributed by atoms with E-state index in [0.29, 0.717) is 47.8 Å². The number of nitrogens with one attached hydrogen (secondary N) is 1. The third-order valence-electron chi connectivity index (χ3n) is 5.81. The molecule has 0 aliphatic carbocycles. The van der Waals surface area contributed by atoms with Gasteiger partial charge in [-0.2, -0.15) is 0 Å². The summed E-state index contributed by atoms with van der Waals surface area (Å²) in [5.41, 5.74) is 2.81. The Hall–Kier alpha value is -2.91. The average molecular weight is 546 g/mol. The number of rotatable bonds is 12. The van der Waals surface area contributed by atoms with Gasteiger partial charge in [-0.1, -0.05) is 42.8 Å². The van der Waals surface area contributed by atoms with Crippen LogP contribution >= 0.6 is 11.6 Å². The Bertz CT molecular complexity index is 1300. The van der Waals surface area contributed by atoms with Crippen molar-refractivity contribution in [3.63, 3.8) is 0 Å². The number of carbonyl (C=O) groups excluding carboxylic acids is 1. The van der Waals surface area contributed by atoms with Gasteiger partial charge in [0.25, 0.3) is 0 Å². The minimum atomic E-state index is -3.75. The first-order valence-electron chi connectivity index (χ1n) is 12.1. The maximum atomic E-state index is 13.2. The molecule has 0 amide bonds. The highest BCUT2D eigenvalue weighted by atomic mass is 35.5. The molecule has 1 atom stereocenters. The minimum absolute atomic E-state index is 0.138. The third-order valence-corrected chi connectivity index (χ3v) is 7.80. The van der Waals surface area contributed by atoms with Crippen LogP contribution in [0.2, 0.25) is 5.02 Å². The van der Waals surface area contributed by atoms with E-state index in [1.165, 1.54) is 12.1 Å². The van der Waals surface area contributed by atoms with Crippen LogP contribution in [0.1, 0.15) is 48.1 Å². The van der Waals surface area contributed by atoms with Gasteiger partial charge in [0.1, 0.15) is 0 Å². The SMILES string of the molecule is CCCC(=O)OOc1c(C)cc(S(=O)(=O)c2ccc(CCNC[C@H](O)c3cccc(Cl)c3)cc2)cc1C. The number of carbonyl (C=O) groups is 1. The van der Waals surface area contributed by atoms with E-state index < -0.39 is 21.9 Å². The molecule has 3 aromatic carbocycles. The van der Waals surface area contributed by atoms with Crippen molar-refractivity contribution in [3.8, 4) is 5.75 Å². The van der Waals surface area contributed by atoms with Crippen LogP contribution in [0.25, 0.3) is 0 Å². The van der Waals surface area contributed by atoms with Crippen molar-refractivity contribution in [2.24, 2.45) is 0 Å². The lowest BCUT2D eigenvalue weighted by atomic mass is 10.1. The van der Waals surface area contributed by atoms with Crippen LogP contribution in [0.4, 0.5) is 0 Å².